The number of rotatable bonds is 3. The van der Waals surface area contributed by atoms with Crippen molar-refractivity contribution in [1.29, 1.82) is 0 Å². The zero-order valence-electron chi connectivity index (χ0n) is 17.7. The number of piperidine rings is 1. The van der Waals surface area contributed by atoms with Crippen molar-refractivity contribution in [3.05, 3.63) is 29.8 Å². The van der Waals surface area contributed by atoms with Gasteiger partial charge >= 0.3 is 0 Å². The summed E-state index contributed by atoms with van der Waals surface area (Å²) in [6.45, 7) is 7.31. The summed E-state index contributed by atoms with van der Waals surface area (Å²) >= 11 is 0. The molecule has 4 rings (SSSR count). The van der Waals surface area contributed by atoms with E-state index in [1.54, 1.807) is 15.4 Å². The van der Waals surface area contributed by atoms with E-state index in [9.17, 15) is 17.6 Å². The highest BCUT2D eigenvalue weighted by Gasteiger charge is 2.37. The number of anilines is 1. The van der Waals surface area contributed by atoms with Gasteiger partial charge in [0.1, 0.15) is 17.3 Å². The van der Waals surface area contributed by atoms with E-state index in [2.05, 4.69) is 5.32 Å². The summed E-state index contributed by atoms with van der Waals surface area (Å²) in [5.41, 5.74) is 1.36. The Bertz CT molecular complexity index is 1070. The minimum atomic E-state index is -3.07. The molecule has 7 nitrogen and oxygen atoms in total. The Morgan fingerprint density at radius 1 is 1.20 bits per heavy atom. The van der Waals surface area contributed by atoms with Crippen LogP contribution in [0.2, 0.25) is 0 Å². The number of hydrogen-bond acceptors (Lipinski definition) is 5. The Hall–Kier alpha value is -2.16. The third-order valence-corrected chi connectivity index (χ3v) is 7.65. The molecule has 0 bridgehead atoms. The molecule has 2 aliphatic heterocycles. The lowest BCUT2D eigenvalue weighted by Crippen LogP contribution is -2.42. The minimum Gasteiger partial charge on any atom is -0.365 e. The first-order chi connectivity index (χ1) is 14.0. The van der Waals surface area contributed by atoms with E-state index < -0.39 is 15.8 Å². The van der Waals surface area contributed by atoms with Crippen LogP contribution in [0.15, 0.2) is 18.3 Å². The highest BCUT2D eigenvalue weighted by molar-refractivity contribution is 7.91. The van der Waals surface area contributed by atoms with Crippen molar-refractivity contribution in [2.75, 3.05) is 29.9 Å². The summed E-state index contributed by atoms with van der Waals surface area (Å²) in [6.07, 6.45) is 3.37. The molecule has 2 fully saturated rings. The number of nitrogens with one attached hydrogen (secondary N) is 1. The van der Waals surface area contributed by atoms with Gasteiger partial charge in [-0.25, -0.2) is 17.8 Å². The molecular formula is C21H29FN4O3S. The highest BCUT2D eigenvalue weighted by Crippen LogP contribution is 2.35. The molecule has 2 aromatic heterocycles. The maximum Gasteiger partial charge on any atom is 0.226 e. The summed E-state index contributed by atoms with van der Waals surface area (Å²) in [6, 6.07) is 3.08. The molecule has 0 spiro atoms. The average molecular weight is 437 g/mol. The second-order valence-electron chi connectivity index (χ2n) is 9.50. The van der Waals surface area contributed by atoms with Crippen LogP contribution in [0.4, 0.5) is 10.2 Å². The van der Waals surface area contributed by atoms with Gasteiger partial charge in [-0.3, -0.25) is 9.20 Å². The molecule has 9 heteroatoms. The van der Waals surface area contributed by atoms with E-state index in [1.165, 1.54) is 12.3 Å². The lowest BCUT2D eigenvalue weighted by atomic mass is 9.92. The van der Waals surface area contributed by atoms with Crippen LogP contribution in [0.5, 0.6) is 0 Å². The van der Waals surface area contributed by atoms with Gasteiger partial charge in [-0.15, -0.1) is 0 Å². The van der Waals surface area contributed by atoms with Gasteiger partial charge in [0.2, 0.25) is 5.91 Å². The molecule has 0 saturated carbocycles. The zero-order valence-corrected chi connectivity index (χ0v) is 18.5. The van der Waals surface area contributed by atoms with Crippen LogP contribution >= 0.6 is 0 Å². The maximum absolute atomic E-state index is 13.9. The average Bonchev–Trinajstić information content (AvgIpc) is 3.20. The molecule has 0 aromatic carbocycles. The molecule has 1 atom stereocenters. The maximum atomic E-state index is 13.9. The Kier molecular flexibility index (Phi) is 5.28. The number of halogens is 1. The summed E-state index contributed by atoms with van der Waals surface area (Å²) in [5, 5.41) is 3.47. The van der Waals surface area contributed by atoms with Crippen LogP contribution in [0.3, 0.4) is 0 Å². The molecule has 0 radical (unpaired) electrons. The van der Waals surface area contributed by atoms with Gasteiger partial charge in [-0.05, 0) is 52.2 Å². The van der Waals surface area contributed by atoms with E-state index >= 15 is 0 Å². The van der Waals surface area contributed by atoms with Gasteiger partial charge in [0, 0.05) is 30.7 Å². The van der Waals surface area contributed by atoms with Crippen LogP contribution in [-0.4, -0.2) is 58.7 Å². The van der Waals surface area contributed by atoms with Crippen molar-refractivity contribution >= 4 is 27.2 Å². The largest absolute Gasteiger partial charge is 0.365 e. The van der Waals surface area contributed by atoms with Crippen LogP contribution < -0.4 is 5.32 Å². The summed E-state index contributed by atoms with van der Waals surface area (Å²) in [4.78, 5) is 19.3. The van der Waals surface area contributed by atoms with Gasteiger partial charge < -0.3 is 10.2 Å². The summed E-state index contributed by atoms with van der Waals surface area (Å²) < 4.78 is 39.1. The topological polar surface area (TPSA) is 83.8 Å². The molecule has 1 N–H and O–H groups in total. The lowest BCUT2D eigenvalue weighted by molar-refractivity contribution is -0.135. The number of sulfone groups is 1. The van der Waals surface area contributed by atoms with Crippen molar-refractivity contribution in [3.8, 4) is 0 Å². The number of fused-ring (bicyclic) bond motifs is 1. The van der Waals surface area contributed by atoms with E-state index in [0.717, 1.165) is 24.4 Å². The molecule has 2 saturated heterocycles. The lowest BCUT2D eigenvalue weighted by Gasteiger charge is -2.33. The fourth-order valence-corrected chi connectivity index (χ4v) is 6.15. The third-order valence-electron chi connectivity index (χ3n) is 5.88. The molecule has 164 valence electrons. The zero-order chi connectivity index (χ0) is 21.7. The molecule has 4 heterocycles. The van der Waals surface area contributed by atoms with Crippen molar-refractivity contribution in [3.63, 3.8) is 0 Å². The van der Waals surface area contributed by atoms with Crippen LogP contribution in [-0.2, 0) is 14.6 Å². The number of imidazole rings is 1. The number of carbonyl (C=O) groups excluding carboxylic acids is 1. The molecule has 2 aliphatic rings. The van der Waals surface area contributed by atoms with Gasteiger partial charge in [-0.1, -0.05) is 0 Å². The third kappa shape index (κ3) is 4.31. The second-order valence-corrected chi connectivity index (χ2v) is 11.7. The van der Waals surface area contributed by atoms with Crippen LogP contribution in [0.1, 0.15) is 51.6 Å². The van der Waals surface area contributed by atoms with Crippen molar-refractivity contribution < 1.29 is 17.6 Å². The van der Waals surface area contributed by atoms with Crippen molar-refractivity contribution in [2.45, 2.75) is 51.5 Å². The molecule has 30 heavy (non-hydrogen) atoms. The normalized spacial score (nSPS) is 22.5. The van der Waals surface area contributed by atoms with Crippen LogP contribution in [0.25, 0.3) is 5.65 Å². The molecule has 1 amide bonds. The molecule has 1 unspecified atom stereocenters. The fourth-order valence-electron chi connectivity index (χ4n) is 4.42. The monoisotopic (exact) mass is 436 g/mol. The molecule has 0 aliphatic carbocycles. The summed E-state index contributed by atoms with van der Waals surface area (Å²) in [7, 11) is -3.07. The number of amides is 1. The minimum absolute atomic E-state index is 0.0244. The number of nitrogens with zero attached hydrogens (tertiary/aromatic N) is 3. The van der Waals surface area contributed by atoms with Crippen molar-refractivity contribution in [2.24, 2.45) is 5.92 Å². The Balaban J connectivity index is 1.53. The smallest absolute Gasteiger partial charge is 0.226 e. The van der Waals surface area contributed by atoms with E-state index in [1.807, 2.05) is 20.8 Å². The highest BCUT2D eigenvalue weighted by atomic mass is 32.2. The number of hydrogen-bond donors (Lipinski definition) is 1. The molecular weight excluding hydrogens is 407 g/mol. The van der Waals surface area contributed by atoms with Gasteiger partial charge in [0.15, 0.2) is 9.84 Å². The number of carbonyl (C=O) groups is 1. The van der Waals surface area contributed by atoms with E-state index in [4.69, 9.17) is 4.98 Å². The van der Waals surface area contributed by atoms with Gasteiger partial charge in [0.05, 0.1) is 23.1 Å². The number of aromatic nitrogens is 2. The Morgan fingerprint density at radius 2 is 1.90 bits per heavy atom. The quantitative estimate of drug-likeness (QED) is 0.800. The van der Waals surface area contributed by atoms with Gasteiger partial charge in [0.25, 0.3) is 0 Å². The first-order valence-electron chi connectivity index (χ1n) is 10.5. The van der Waals surface area contributed by atoms with E-state index in [0.29, 0.717) is 25.2 Å². The summed E-state index contributed by atoms with van der Waals surface area (Å²) in [5.74, 6) is 0.263. The predicted molar refractivity (Wildman–Crippen MR) is 114 cm³/mol. The second kappa shape index (κ2) is 7.51. The first-order valence-corrected chi connectivity index (χ1v) is 12.3. The van der Waals surface area contributed by atoms with E-state index in [-0.39, 0.29) is 34.7 Å². The Morgan fingerprint density at radius 3 is 2.50 bits per heavy atom. The Labute approximate surface area is 176 Å². The van der Waals surface area contributed by atoms with Crippen LogP contribution in [0, 0.1) is 11.7 Å². The fraction of sp³-hybridized carbons (Fsp3) is 0.619. The number of pyridine rings is 1. The standard InChI is InChI=1S/C21H29FN4O3S/c1-21(2,3)24-19-18(23-17-5-4-16(22)12-26(17)19)14-6-9-25(10-7-14)20(27)15-8-11-30(28,29)13-15/h4-5,12,14-15,24H,6-11,13H2,1-3H3. The molecule has 2 aromatic rings. The van der Waals surface area contributed by atoms with Crippen molar-refractivity contribution in [1.82, 2.24) is 14.3 Å². The van der Waals surface area contributed by atoms with Gasteiger partial charge in [-0.2, -0.15) is 0 Å². The first kappa shape index (κ1) is 21.1. The predicted octanol–water partition coefficient (Wildman–Crippen LogP) is 2.82. The SMILES string of the molecule is CC(C)(C)Nc1c(C2CCN(C(=O)C3CCS(=O)(=O)C3)CC2)nc2ccc(F)cn12. The number of likely N-dealkylation sites (tertiary alicyclic amines) is 1.